The summed E-state index contributed by atoms with van der Waals surface area (Å²) in [7, 11) is 1.64. The second kappa shape index (κ2) is 9.73. The molecular formula is C27H32N6O. The van der Waals surface area contributed by atoms with Crippen molar-refractivity contribution < 1.29 is 4.79 Å². The first kappa shape index (κ1) is 23.6. The van der Waals surface area contributed by atoms with Crippen molar-refractivity contribution in [3.8, 4) is 0 Å². The molecule has 1 amide bonds. The Morgan fingerprint density at radius 2 is 2.00 bits per heavy atom. The first-order valence-electron chi connectivity index (χ1n) is 11.6. The molecule has 0 bridgehead atoms. The lowest BCUT2D eigenvalue weighted by Gasteiger charge is -2.36. The molecule has 7 nitrogen and oxygen atoms in total. The molecule has 0 saturated carbocycles. The van der Waals surface area contributed by atoms with Gasteiger partial charge in [-0.15, -0.1) is 10.2 Å². The van der Waals surface area contributed by atoms with Crippen molar-refractivity contribution in [3.63, 3.8) is 0 Å². The van der Waals surface area contributed by atoms with Crippen molar-refractivity contribution >= 4 is 5.91 Å². The van der Waals surface area contributed by atoms with Crippen LogP contribution in [0.5, 0.6) is 0 Å². The molecule has 2 aromatic carbocycles. The van der Waals surface area contributed by atoms with Gasteiger partial charge < -0.3 is 11.1 Å². The number of carbonyl (C=O) groups is 1. The maximum Gasteiger partial charge on any atom is 0.251 e. The van der Waals surface area contributed by atoms with Gasteiger partial charge in [0.2, 0.25) is 0 Å². The number of rotatable bonds is 7. The molecule has 1 aromatic heterocycles. The van der Waals surface area contributed by atoms with E-state index in [4.69, 9.17) is 5.73 Å². The van der Waals surface area contributed by atoms with Gasteiger partial charge in [-0.2, -0.15) is 5.21 Å². The molecule has 1 heterocycles. The average molecular weight is 457 g/mol. The van der Waals surface area contributed by atoms with E-state index in [2.05, 4.69) is 70.6 Å². The topological polar surface area (TPSA) is 110 Å². The Hall–Kier alpha value is -3.58. The van der Waals surface area contributed by atoms with E-state index in [1.165, 1.54) is 16.7 Å². The first-order valence-corrected chi connectivity index (χ1v) is 11.6. The van der Waals surface area contributed by atoms with E-state index in [1.807, 2.05) is 24.3 Å². The zero-order valence-corrected chi connectivity index (χ0v) is 20.1. The minimum absolute atomic E-state index is 0.109. The van der Waals surface area contributed by atoms with Crippen LogP contribution in [0.25, 0.3) is 0 Å². The molecule has 2 unspecified atom stereocenters. The number of nitrogens with one attached hydrogen (secondary N) is 2. The van der Waals surface area contributed by atoms with E-state index in [-0.39, 0.29) is 11.9 Å². The standard InChI is InChI=1S/C27H32N6O/c1-5-23-18(3)8-11-20-15-21(25(34)29-4)12-13-24(20)27(23,26-30-32-33-31-26)16-22(28)14-19-9-6-17(2)7-10-19/h5-7,9-10,12-13,15,22H,1,8,11,14,16,28H2,2-4H3,(H,29,34)(H,30,31,32,33). The lowest BCUT2D eigenvalue weighted by molar-refractivity contribution is 0.0963. The summed E-state index contributed by atoms with van der Waals surface area (Å²) in [5, 5.41) is 18.2. The number of aryl methyl sites for hydroxylation is 2. The molecular weight excluding hydrogens is 424 g/mol. The molecule has 4 rings (SSSR count). The molecule has 1 aliphatic carbocycles. The van der Waals surface area contributed by atoms with Crippen molar-refractivity contribution in [2.75, 3.05) is 7.05 Å². The number of hydrogen-bond acceptors (Lipinski definition) is 5. The van der Waals surface area contributed by atoms with Crippen LogP contribution in [0.4, 0.5) is 0 Å². The van der Waals surface area contributed by atoms with Crippen LogP contribution in [0, 0.1) is 6.92 Å². The van der Waals surface area contributed by atoms with Gasteiger partial charge in [0.1, 0.15) is 0 Å². The van der Waals surface area contributed by atoms with Crippen LogP contribution in [0.2, 0.25) is 0 Å². The van der Waals surface area contributed by atoms with Crippen LogP contribution in [-0.4, -0.2) is 39.6 Å². The minimum atomic E-state index is -0.726. The highest BCUT2D eigenvalue weighted by molar-refractivity contribution is 5.94. The number of allylic oxidation sites excluding steroid dienone is 3. The third kappa shape index (κ3) is 4.31. The van der Waals surface area contributed by atoms with Gasteiger partial charge in [-0.3, -0.25) is 4.79 Å². The van der Waals surface area contributed by atoms with Crippen molar-refractivity contribution in [1.82, 2.24) is 25.9 Å². The fraction of sp³-hybridized carbons (Fsp3) is 0.333. The summed E-state index contributed by atoms with van der Waals surface area (Å²) in [6.07, 6.45) is 4.85. The highest BCUT2D eigenvalue weighted by Crippen LogP contribution is 2.47. The molecule has 7 heteroatoms. The highest BCUT2D eigenvalue weighted by atomic mass is 16.1. The lowest BCUT2D eigenvalue weighted by Crippen LogP contribution is -2.40. The number of aromatic nitrogens is 4. The number of hydrogen-bond donors (Lipinski definition) is 3. The quantitative estimate of drug-likeness (QED) is 0.504. The summed E-state index contributed by atoms with van der Waals surface area (Å²) in [6.45, 7) is 8.37. The van der Waals surface area contributed by atoms with Crippen LogP contribution in [0.1, 0.15) is 58.2 Å². The number of H-pyrrole nitrogens is 1. The van der Waals surface area contributed by atoms with E-state index in [1.54, 1.807) is 7.05 Å². The third-order valence-electron chi connectivity index (χ3n) is 6.86. The van der Waals surface area contributed by atoms with Crippen molar-refractivity contribution in [3.05, 3.63) is 99.9 Å². The Morgan fingerprint density at radius 3 is 2.65 bits per heavy atom. The number of benzene rings is 2. The summed E-state index contributed by atoms with van der Waals surface area (Å²) in [4.78, 5) is 12.4. The van der Waals surface area contributed by atoms with Gasteiger partial charge in [0.05, 0.1) is 5.41 Å². The second-order valence-electron chi connectivity index (χ2n) is 9.14. The summed E-state index contributed by atoms with van der Waals surface area (Å²) in [5.74, 6) is 0.457. The van der Waals surface area contributed by atoms with Gasteiger partial charge in [-0.05, 0) is 73.9 Å². The molecule has 1 aliphatic rings. The molecule has 0 spiro atoms. The van der Waals surface area contributed by atoms with Crippen LogP contribution >= 0.6 is 0 Å². The maximum atomic E-state index is 12.4. The summed E-state index contributed by atoms with van der Waals surface area (Å²) < 4.78 is 0. The molecule has 4 N–H and O–H groups in total. The number of amides is 1. The number of aromatic amines is 1. The van der Waals surface area contributed by atoms with Crippen LogP contribution in [-0.2, 0) is 18.3 Å². The number of tetrazole rings is 1. The van der Waals surface area contributed by atoms with E-state index in [0.717, 1.165) is 36.0 Å². The number of nitrogens with two attached hydrogens (primary N) is 1. The Labute approximate surface area is 200 Å². The predicted octanol–water partition coefficient (Wildman–Crippen LogP) is 3.56. The van der Waals surface area contributed by atoms with Gasteiger partial charge >= 0.3 is 0 Å². The molecule has 0 aliphatic heterocycles. The van der Waals surface area contributed by atoms with Gasteiger partial charge in [0, 0.05) is 18.7 Å². The molecule has 0 fully saturated rings. The summed E-state index contributed by atoms with van der Waals surface area (Å²) >= 11 is 0. The normalized spacial score (nSPS) is 18.7. The number of nitrogens with zero attached hydrogens (tertiary/aromatic N) is 3. The Bertz CT molecular complexity index is 1210. The summed E-state index contributed by atoms with van der Waals surface area (Å²) in [5.41, 5.74) is 13.5. The van der Waals surface area contributed by atoms with Gasteiger partial charge in [-0.1, -0.05) is 59.3 Å². The van der Waals surface area contributed by atoms with Gasteiger partial charge in [0.15, 0.2) is 5.82 Å². The van der Waals surface area contributed by atoms with Gasteiger partial charge in [-0.25, -0.2) is 0 Å². The zero-order valence-electron chi connectivity index (χ0n) is 20.1. The van der Waals surface area contributed by atoms with Crippen molar-refractivity contribution in [2.45, 2.75) is 51.0 Å². The van der Waals surface area contributed by atoms with Crippen molar-refractivity contribution in [1.29, 1.82) is 0 Å². The highest BCUT2D eigenvalue weighted by Gasteiger charge is 2.45. The molecule has 0 radical (unpaired) electrons. The zero-order chi connectivity index (χ0) is 24.3. The molecule has 0 saturated heterocycles. The largest absolute Gasteiger partial charge is 0.355 e. The average Bonchev–Trinajstić information content (AvgIpc) is 3.35. The van der Waals surface area contributed by atoms with Crippen LogP contribution < -0.4 is 11.1 Å². The predicted molar refractivity (Wildman–Crippen MR) is 133 cm³/mol. The minimum Gasteiger partial charge on any atom is -0.355 e. The fourth-order valence-corrected chi connectivity index (χ4v) is 5.20. The Kier molecular flexibility index (Phi) is 6.75. The second-order valence-corrected chi connectivity index (χ2v) is 9.14. The van der Waals surface area contributed by atoms with Crippen LogP contribution in [0.3, 0.4) is 0 Å². The first-order chi connectivity index (χ1) is 16.4. The van der Waals surface area contributed by atoms with E-state index in [9.17, 15) is 4.79 Å². The molecule has 3 aromatic rings. The van der Waals surface area contributed by atoms with E-state index < -0.39 is 5.41 Å². The van der Waals surface area contributed by atoms with E-state index in [0.29, 0.717) is 17.8 Å². The van der Waals surface area contributed by atoms with Crippen molar-refractivity contribution in [2.24, 2.45) is 5.73 Å². The number of fused-ring (bicyclic) bond motifs is 1. The number of carbonyl (C=O) groups excluding carboxylic acids is 1. The van der Waals surface area contributed by atoms with Gasteiger partial charge in [0.25, 0.3) is 5.91 Å². The van der Waals surface area contributed by atoms with E-state index >= 15 is 0 Å². The monoisotopic (exact) mass is 456 g/mol. The van der Waals surface area contributed by atoms with Crippen LogP contribution in [0.15, 0.2) is 66.3 Å². The summed E-state index contributed by atoms with van der Waals surface area (Å²) in [6, 6.07) is 14.2. The smallest absolute Gasteiger partial charge is 0.251 e. The molecule has 34 heavy (non-hydrogen) atoms. The SMILES string of the molecule is C=CC1=C(C)CCc2cc(C(=O)NC)ccc2C1(CC(N)Cc1ccc(C)cc1)c1nn[nH]n1. The third-order valence-corrected chi connectivity index (χ3v) is 6.86. The lowest BCUT2D eigenvalue weighted by atomic mass is 9.67. The Morgan fingerprint density at radius 1 is 1.24 bits per heavy atom. The molecule has 176 valence electrons. The fourth-order valence-electron chi connectivity index (χ4n) is 5.20. The maximum absolute atomic E-state index is 12.4. The molecule has 2 atom stereocenters. The Balaban J connectivity index is 1.87.